The number of ether oxygens (including phenoxy) is 1. The second-order valence-corrected chi connectivity index (χ2v) is 13.0. The monoisotopic (exact) mass is 586 g/mol. The number of nitrogens with two attached hydrogens (primary N) is 1. The third kappa shape index (κ3) is 5.71. The van der Waals surface area contributed by atoms with Crippen molar-refractivity contribution >= 4 is 45.6 Å². The van der Waals surface area contributed by atoms with Gasteiger partial charge >= 0.3 is 0 Å². The van der Waals surface area contributed by atoms with E-state index in [0.29, 0.717) is 44.9 Å². The van der Waals surface area contributed by atoms with Gasteiger partial charge in [0.1, 0.15) is 11.6 Å². The minimum Gasteiger partial charge on any atom is -0.496 e. The van der Waals surface area contributed by atoms with Gasteiger partial charge < -0.3 is 15.8 Å². The summed E-state index contributed by atoms with van der Waals surface area (Å²) in [5.41, 5.74) is 10.4. The third-order valence-corrected chi connectivity index (χ3v) is 9.09. The van der Waals surface area contributed by atoms with Gasteiger partial charge in [-0.2, -0.15) is 5.26 Å². The Labute approximate surface area is 247 Å². The molecule has 2 aliphatic rings. The fourth-order valence-corrected chi connectivity index (χ4v) is 7.02. The van der Waals surface area contributed by atoms with E-state index < -0.39 is 5.92 Å². The standard InChI is InChI=1S/C30H30N6O3S2/c1-17-8-7-9-18(12-17)33-24(38)16-40-29-35-34-28(41-29)36-21-13-30(2,3)14-22(37)26(21)25(20(15-31)27(36)32)19-10-5-6-11-23(19)39-4/h5-12,25H,13-14,16,32H2,1-4H3,(H,33,38). The highest BCUT2D eigenvalue weighted by atomic mass is 32.2. The third-order valence-electron chi connectivity index (χ3n) is 7.05. The summed E-state index contributed by atoms with van der Waals surface area (Å²) in [7, 11) is 1.57. The van der Waals surface area contributed by atoms with Gasteiger partial charge in [-0.3, -0.25) is 14.5 Å². The molecule has 1 amide bonds. The molecule has 0 saturated carbocycles. The summed E-state index contributed by atoms with van der Waals surface area (Å²) < 4.78 is 6.18. The van der Waals surface area contributed by atoms with Crippen LogP contribution < -0.4 is 20.7 Å². The number of nitrogens with zero attached hydrogens (tertiary/aromatic N) is 4. The number of nitrogens with one attached hydrogen (secondary N) is 1. The van der Waals surface area contributed by atoms with Crippen molar-refractivity contribution in [3.05, 3.63) is 82.3 Å². The van der Waals surface area contributed by atoms with Gasteiger partial charge in [-0.05, 0) is 42.5 Å². The number of para-hydroxylation sites is 1. The van der Waals surface area contributed by atoms with Crippen LogP contribution in [0, 0.1) is 23.7 Å². The summed E-state index contributed by atoms with van der Waals surface area (Å²) in [5.74, 6) is 0.0763. The largest absolute Gasteiger partial charge is 0.496 e. The van der Waals surface area contributed by atoms with Crippen LogP contribution in [0.3, 0.4) is 0 Å². The Hall–Kier alpha value is -4.14. The van der Waals surface area contributed by atoms with Gasteiger partial charge in [-0.15, -0.1) is 10.2 Å². The normalized spacial score (nSPS) is 18.2. The zero-order valence-electron chi connectivity index (χ0n) is 23.2. The number of carbonyl (C=O) groups excluding carboxylic acids is 2. The lowest BCUT2D eigenvalue weighted by Gasteiger charge is -2.42. The second kappa shape index (κ2) is 11.4. The van der Waals surface area contributed by atoms with E-state index in [1.54, 1.807) is 12.0 Å². The number of hydrogen-bond acceptors (Lipinski definition) is 10. The lowest BCUT2D eigenvalue weighted by molar-refractivity contribution is -0.118. The van der Waals surface area contributed by atoms with E-state index in [0.717, 1.165) is 11.3 Å². The molecule has 0 fully saturated rings. The molecule has 9 nitrogen and oxygen atoms in total. The van der Waals surface area contributed by atoms with Gasteiger partial charge in [-0.1, -0.05) is 67.3 Å². The van der Waals surface area contributed by atoms with Crippen LogP contribution in [-0.2, 0) is 9.59 Å². The molecule has 0 saturated heterocycles. The van der Waals surface area contributed by atoms with Crippen LogP contribution in [-0.4, -0.2) is 34.8 Å². The maximum Gasteiger partial charge on any atom is 0.234 e. The SMILES string of the molecule is COc1ccccc1C1C(C#N)=C(N)N(c2nnc(SCC(=O)Nc3cccc(C)c3)s2)C2=C1C(=O)CC(C)(C)C2. The van der Waals surface area contributed by atoms with E-state index in [2.05, 4.69) is 21.6 Å². The Balaban J connectivity index is 1.49. The van der Waals surface area contributed by atoms with Crippen molar-refractivity contribution in [1.29, 1.82) is 5.26 Å². The van der Waals surface area contributed by atoms with Crippen molar-refractivity contribution in [2.45, 2.75) is 43.9 Å². The highest BCUT2D eigenvalue weighted by molar-refractivity contribution is 8.01. The van der Waals surface area contributed by atoms with Crippen molar-refractivity contribution < 1.29 is 14.3 Å². The number of nitriles is 1. The first kappa shape index (κ1) is 28.4. The Morgan fingerprint density at radius 3 is 2.76 bits per heavy atom. The smallest absolute Gasteiger partial charge is 0.234 e. The number of ketones is 1. The molecule has 0 radical (unpaired) electrons. The molecule has 1 atom stereocenters. The van der Waals surface area contributed by atoms with E-state index in [9.17, 15) is 14.9 Å². The van der Waals surface area contributed by atoms with Gasteiger partial charge in [0.15, 0.2) is 10.1 Å². The minimum absolute atomic E-state index is 0.0376. The Bertz CT molecular complexity index is 1630. The number of thioether (sulfide) groups is 1. The number of carbonyl (C=O) groups is 2. The van der Waals surface area contributed by atoms with E-state index in [1.807, 2.05) is 69.3 Å². The molecule has 0 bridgehead atoms. The fraction of sp³-hybridized carbons (Fsp3) is 0.300. The summed E-state index contributed by atoms with van der Waals surface area (Å²) in [6.45, 7) is 6.05. The fourth-order valence-electron chi connectivity index (χ4n) is 5.34. The summed E-state index contributed by atoms with van der Waals surface area (Å²) in [4.78, 5) is 28.0. The van der Waals surface area contributed by atoms with Crippen LogP contribution in [0.25, 0.3) is 0 Å². The zero-order chi connectivity index (χ0) is 29.3. The van der Waals surface area contributed by atoms with Crippen LogP contribution >= 0.6 is 23.1 Å². The quantitative estimate of drug-likeness (QED) is 0.343. The molecule has 3 N–H and O–H groups in total. The number of rotatable bonds is 7. The number of Topliss-reactive ketones (excluding diaryl/α,β-unsaturated/α-hetero) is 1. The van der Waals surface area contributed by atoms with Crippen molar-refractivity contribution in [2.75, 3.05) is 23.1 Å². The van der Waals surface area contributed by atoms with Gasteiger partial charge in [0.05, 0.1) is 30.4 Å². The van der Waals surface area contributed by atoms with Gasteiger partial charge in [0.2, 0.25) is 11.0 Å². The number of aromatic nitrogens is 2. The molecule has 0 spiro atoms. The lowest BCUT2D eigenvalue weighted by atomic mass is 9.68. The van der Waals surface area contributed by atoms with E-state index in [4.69, 9.17) is 10.5 Å². The molecule has 1 aliphatic carbocycles. The predicted molar refractivity (Wildman–Crippen MR) is 161 cm³/mol. The van der Waals surface area contributed by atoms with Crippen LogP contribution in [0.5, 0.6) is 5.75 Å². The van der Waals surface area contributed by atoms with Crippen LogP contribution in [0.4, 0.5) is 10.8 Å². The van der Waals surface area contributed by atoms with Crippen LogP contribution in [0.15, 0.2) is 75.5 Å². The summed E-state index contributed by atoms with van der Waals surface area (Å²) >= 11 is 2.52. The lowest BCUT2D eigenvalue weighted by Crippen LogP contribution is -2.42. The summed E-state index contributed by atoms with van der Waals surface area (Å²) in [6, 6.07) is 17.2. The van der Waals surface area contributed by atoms with Crippen LogP contribution in [0.2, 0.25) is 0 Å². The first-order chi connectivity index (χ1) is 19.6. The van der Waals surface area contributed by atoms with Gasteiger partial charge in [0, 0.05) is 28.9 Å². The molecule has 1 unspecified atom stereocenters. The Morgan fingerprint density at radius 2 is 2.02 bits per heavy atom. The Kier molecular flexibility index (Phi) is 7.89. The molecule has 2 aromatic carbocycles. The molecule has 2 heterocycles. The average molecular weight is 587 g/mol. The van der Waals surface area contributed by atoms with Crippen LogP contribution in [0.1, 0.15) is 43.7 Å². The highest BCUT2D eigenvalue weighted by Crippen LogP contribution is 2.52. The number of methoxy groups -OCH3 is 1. The minimum atomic E-state index is -0.655. The second-order valence-electron chi connectivity index (χ2n) is 10.8. The van der Waals surface area contributed by atoms with E-state index in [-0.39, 0.29) is 34.3 Å². The molecule has 1 aliphatic heterocycles. The summed E-state index contributed by atoms with van der Waals surface area (Å²) in [6.07, 6.45) is 0.900. The first-order valence-corrected chi connectivity index (χ1v) is 14.8. The molecule has 5 rings (SSSR count). The zero-order valence-corrected chi connectivity index (χ0v) is 24.9. The highest BCUT2D eigenvalue weighted by Gasteiger charge is 2.46. The molecule has 1 aromatic heterocycles. The molecular formula is C30H30N6O3S2. The van der Waals surface area contributed by atoms with E-state index in [1.165, 1.54) is 23.1 Å². The van der Waals surface area contributed by atoms with Crippen molar-refractivity contribution in [1.82, 2.24) is 10.2 Å². The van der Waals surface area contributed by atoms with Crippen molar-refractivity contribution in [2.24, 2.45) is 11.1 Å². The summed E-state index contributed by atoms with van der Waals surface area (Å²) in [5, 5.41) is 22.3. The number of anilines is 2. The van der Waals surface area contributed by atoms with Crippen molar-refractivity contribution in [3.63, 3.8) is 0 Å². The molecule has 3 aromatic rings. The molecule has 41 heavy (non-hydrogen) atoms. The Morgan fingerprint density at radius 1 is 1.24 bits per heavy atom. The number of aryl methyl sites for hydroxylation is 1. The predicted octanol–water partition coefficient (Wildman–Crippen LogP) is 5.53. The maximum absolute atomic E-state index is 13.7. The number of allylic oxidation sites excluding steroid dienone is 3. The first-order valence-electron chi connectivity index (χ1n) is 13.0. The van der Waals surface area contributed by atoms with E-state index >= 15 is 0 Å². The molecule has 210 valence electrons. The number of benzene rings is 2. The topological polar surface area (TPSA) is 134 Å². The molecular weight excluding hydrogens is 557 g/mol. The average Bonchev–Trinajstić information content (AvgIpc) is 3.39. The van der Waals surface area contributed by atoms with Crippen molar-refractivity contribution in [3.8, 4) is 11.8 Å². The van der Waals surface area contributed by atoms with Gasteiger partial charge in [0.25, 0.3) is 0 Å². The molecule has 11 heteroatoms. The number of hydrogen-bond donors (Lipinski definition) is 2. The van der Waals surface area contributed by atoms with Gasteiger partial charge in [-0.25, -0.2) is 0 Å². The number of amides is 1. The maximum atomic E-state index is 13.7.